The minimum absolute atomic E-state index is 0.168. The van der Waals surface area contributed by atoms with E-state index in [4.69, 9.17) is 11.6 Å². The molecule has 0 bridgehead atoms. The number of rotatable bonds is 5. The number of alkyl halides is 1. The van der Waals surface area contributed by atoms with Crippen molar-refractivity contribution in [2.45, 2.75) is 39.7 Å². The quantitative estimate of drug-likeness (QED) is 0.611. The van der Waals surface area contributed by atoms with Crippen LogP contribution in [0.25, 0.3) is 0 Å². The molecule has 0 rings (SSSR count). The van der Waals surface area contributed by atoms with Gasteiger partial charge in [0.2, 0.25) is 5.91 Å². The minimum atomic E-state index is 0.168. The number of carbonyl (C=O) groups is 1. The van der Waals surface area contributed by atoms with E-state index in [0.29, 0.717) is 18.3 Å². The number of amides is 1. The zero-order valence-electron chi connectivity index (χ0n) is 8.14. The maximum absolute atomic E-state index is 11.4. The first kappa shape index (κ1) is 11.8. The molecule has 0 aromatic carbocycles. The average Bonchev–Trinajstić information content (AvgIpc) is 1.99. The number of hydrogen-bond acceptors (Lipinski definition) is 1. The van der Waals surface area contributed by atoms with Gasteiger partial charge in [0.05, 0.1) is 0 Å². The molecule has 0 saturated carbocycles. The third-order valence-electron chi connectivity index (χ3n) is 1.72. The average molecular weight is 192 g/mol. The van der Waals surface area contributed by atoms with Crippen molar-refractivity contribution in [2.24, 2.45) is 0 Å². The molecule has 12 heavy (non-hydrogen) atoms. The van der Waals surface area contributed by atoms with Crippen molar-refractivity contribution in [3.8, 4) is 0 Å². The van der Waals surface area contributed by atoms with Gasteiger partial charge >= 0.3 is 0 Å². The molecule has 1 amide bonds. The number of halogens is 1. The lowest BCUT2D eigenvalue weighted by Gasteiger charge is -2.25. The molecule has 0 aromatic rings. The van der Waals surface area contributed by atoms with Crippen molar-refractivity contribution in [3.63, 3.8) is 0 Å². The van der Waals surface area contributed by atoms with E-state index in [0.717, 1.165) is 13.0 Å². The first-order valence-electron chi connectivity index (χ1n) is 4.48. The summed E-state index contributed by atoms with van der Waals surface area (Å²) in [6.45, 7) is 6.97. The second kappa shape index (κ2) is 6.30. The molecule has 0 unspecified atom stereocenters. The van der Waals surface area contributed by atoms with Gasteiger partial charge in [0.1, 0.15) is 0 Å². The smallest absolute Gasteiger partial charge is 0.223 e. The van der Waals surface area contributed by atoms with Gasteiger partial charge in [-0.25, -0.2) is 0 Å². The van der Waals surface area contributed by atoms with Gasteiger partial charge in [0.25, 0.3) is 0 Å². The Hall–Kier alpha value is -0.240. The Kier molecular flexibility index (Phi) is 6.17. The fourth-order valence-electron chi connectivity index (χ4n) is 1.14. The van der Waals surface area contributed by atoms with Gasteiger partial charge in [0.15, 0.2) is 0 Å². The summed E-state index contributed by atoms with van der Waals surface area (Å²) >= 11 is 5.50. The maximum atomic E-state index is 11.4. The van der Waals surface area contributed by atoms with Crippen molar-refractivity contribution in [2.75, 3.05) is 12.4 Å². The molecule has 0 atom stereocenters. The van der Waals surface area contributed by atoms with E-state index < -0.39 is 0 Å². The van der Waals surface area contributed by atoms with Crippen molar-refractivity contribution < 1.29 is 4.79 Å². The van der Waals surface area contributed by atoms with E-state index in [9.17, 15) is 4.79 Å². The summed E-state index contributed by atoms with van der Waals surface area (Å²) in [7, 11) is 0. The maximum Gasteiger partial charge on any atom is 0.223 e. The minimum Gasteiger partial charge on any atom is -0.340 e. The SMILES string of the molecule is CCCN(C(=O)CCCl)C(C)C. The first-order chi connectivity index (χ1) is 5.63. The number of carbonyl (C=O) groups excluding carboxylic acids is 1. The molecule has 3 heteroatoms. The van der Waals surface area contributed by atoms with E-state index in [1.165, 1.54) is 0 Å². The lowest BCUT2D eigenvalue weighted by atomic mass is 10.2. The predicted octanol–water partition coefficient (Wildman–Crippen LogP) is 2.26. The van der Waals surface area contributed by atoms with Crippen molar-refractivity contribution in [1.29, 1.82) is 0 Å². The largest absolute Gasteiger partial charge is 0.340 e. The third kappa shape index (κ3) is 3.96. The second-order valence-corrected chi connectivity index (χ2v) is 3.50. The summed E-state index contributed by atoms with van der Waals surface area (Å²) in [6, 6.07) is 0.292. The molecule has 0 spiro atoms. The summed E-state index contributed by atoms with van der Waals surface area (Å²) < 4.78 is 0. The zero-order valence-corrected chi connectivity index (χ0v) is 8.90. The lowest BCUT2D eigenvalue weighted by Crippen LogP contribution is -2.37. The van der Waals surface area contributed by atoms with Crippen LogP contribution < -0.4 is 0 Å². The van der Waals surface area contributed by atoms with Crippen LogP contribution in [-0.2, 0) is 4.79 Å². The van der Waals surface area contributed by atoms with Crippen LogP contribution in [0.5, 0.6) is 0 Å². The Morgan fingerprint density at radius 3 is 2.42 bits per heavy atom. The highest BCUT2D eigenvalue weighted by Gasteiger charge is 2.14. The van der Waals surface area contributed by atoms with Crippen LogP contribution in [0.4, 0.5) is 0 Å². The molecule has 0 aliphatic heterocycles. The fourth-order valence-corrected chi connectivity index (χ4v) is 1.30. The topological polar surface area (TPSA) is 20.3 Å². The predicted molar refractivity (Wildman–Crippen MR) is 52.5 cm³/mol. The van der Waals surface area contributed by atoms with Gasteiger partial charge in [-0.2, -0.15) is 0 Å². The van der Waals surface area contributed by atoms with Gasteiger partial charge in [-0.15, -0.1) is 11.6 Å². The second-order valence-electron chi connectivity index (χ2n) is 3.12. The molecular formula is C9H18ClNO. The van der Waals surface area contributed by atoms with Crippen molar-refractivity contribution in [1.82, 2.24) is 4.90 Å². The van der Waals surface area contributed by atoms with E-state index in [-0.39, 0.29) is 5.91 Å². The molecular weight excluding hydrogens is 174 g/mol. The lowest BCUT2D eigenvalue weighted by molar-refractivity contribution is -0.132. The Morgan fingerprint density at radius 2 is 2.08 bits per heavy atom. The zero-order chi connectivity index (χ0) is 9.56. The van der Waals surface area contributed by atoms with Crippen LogP contribution in [-0.4, -0.2) is 29.3 Å². The molecule has 0 fully saturated rings. The standard InChI is InChI=1S/C9H18ClNO/c1-4-7-11(8(2)3)9(12)5-6-10/h8H,4-7H2,1-3H3. The summed E-state index contributed by atoms with van der Waals surface area (Å²) in [6.07, 6.45) is 1.46. The first-order valence-corrected chi connectivity index (χ1v) is 5.02. The van der Waals surface area contributed by atoms with Crippen LogP contribution in [0.3, 0.4) is 0 Å². The monoisotopic (exact) mass is 191 g/mol. The molecule has 0 radical (unpaired) electrons. The van der Waals surface area contributed by atoms with Crippen molar-refractivity contribution in [3.05, 3.63) is 0 Å². The summed E-state index contributed by atoms with van der Waals surface area (Å²) in [5, 5.41) is 0. The highest BCUT2D eigenvalue weighted by Crippen LogP contribution is 2.03. The van der Waals surface area contributed by atoms with Crippen molar-refractivity contribution >= 4 is 17.5 Å². The summed E-state index contributed by atoms with van der Waals surface area (Å²) in [4.78, 5) is 13.3. The van der Waals surface area contributed by atoms with Gasteiger partial charge in [-0.3, -0.25) is 4.79 Å². The molecule has 0 saturated heterocycles. The van der Waals surface area contributed by atoms with E-state index in [2.05, 4.69) is 6.92 Å². The summed E-state index contributed by atoms with van der Waals surface area (Å²) in [5.74, 6) is 0.591. The van der Waals surface area contributed by atoms with E-state index in [1.807, 2.05) is 18.7 Å². The normalized spacial score (nSPS) is 10.4. The van der Waals surface area contributed by atoms with Crippen LogP contribution in [0, 0.1) is 0 Å². The van der Waals surface area contributed by atoms with Crippen LogP contribution in [0.2, 0.25) is 0 Å². The molecule has 0 N–H and O–H groups in total. The van der Waals surface area contributed by atoms with Crippen LogP contribution in [0.1, 0.15) is 33.6 Å². The molecule has 0 heterocycles. The molecule has 0 aliphatic rings. The summed E-state index contributed by atoms with van der Waals surface area (Å²) in [5.41, 5.74) is 0. The highest BCUT2D eigenvalue weighted by atomic mass is 35.5. The van der Waals surface area contributed by atoms with Gasteiger partial charge < -0.3 is 4.90 Å². The van der Waals surface area contributed by atoms with Gasteiger partial charge in [-0.1, -0.05) is 6.92 Å². The third-order valence-corrected chi connectivity index (χ3v) is 1.91. The molecule has 72 valence electrons. The Morgan fingerprint density at radius 1 is 1.50 bits per heavy atom. The number of hydrogen-bond donors (Lipinski definition) is 0. The highest BCUT2D eigenvalue weighted by molar-refractivity contribution is 6.18. The van der Waals surface area contributed by atoms with Crippen LogP contribution >= 0.6 is 11.6 Å². The Labute approximate surface area is 79.9 Å². The van der Waals surface area contributed by atoms with E-state index in [1.54, 1.807) is 0 Å². The number of nitrogens with zero attached hydrogens (tertiary/aromatic N) is 1. The van der Waals surface area contributed by atoms with Gasteiger partial charge in [0, 0.05) is 24.9 Å². The van der Waals surface area contributed by atoms with Crippen LogP contribution in [0.15, 0.2) is 0 Å². The van der Waals surface area contributed by atoms with Gasteiger partial charge in [-0.05, 0) is 20.3 Å². The molecule has 0 aliphatic carbocycles. The molecule has 0 aromatic heterocycles. The van der Waals surface area contributed by atoms with E-state index >= 15 is 0 Å². The Balaban J connectivity index is 4.00. The Bertz CT molecular complexity index is 136. The fraction of sp³-hybridized carbons (Fsp3) is 0.889. The molecule has 2 nitrogen and oxygen atoms in total.